The summed E-state index contributed by atoms with van der Waals surface area (Å²) in [6.07, 6.45) is 0. The van der Waals surface area contributed by atoms with E-state index in [0.717, 1.165) is 27.1 Å². The van der Waals surface area contributed by atoms with Crippen molar-refractivity contribution in [3.05, 3.63) is 59.4 Å². The van der Waals surface area contributed by atoms with Crippen molar-refractivity contribution in [1.82, 2.24) is 19.4 Å². The van der Waals surface area contributed by atoms with Gasteiger partial charge in [0.15, 0.2) is 5.01 Å². The molecule has 1 saturated heterocycles. The van der Waals surface area contributed by atoms with Gasteiger partial charge in [-0.05, 0) is 31.2 Å². The highest BCUT2D eigenvalue weighted by atomic mass is 32.1. The minimum absolute atomic E-state index is 0.0273. The number of imidazole rings is 1. The number of hydrogen-bond acceptors (Lipinski definition) is 4. The molecule has 4 aromatic rings. The topological polar surface area (TPSA) is 51.0 Å². The van der Waals surface area contributed by atoms with Crippen molar-refractivity contribution in [2.75, 3.05) is 13.1 Å². The van der Waals surface area contributed by atoms with Crippen LogP contribution in [0.1, 0.15) is 21.7 Å². The summed E-state index contributed by atoms with van der Waals surface area (Å²) in [5, 5.41) is 0.576. The molecule has 0 spiro atoms. The number of benzene rings is 2. The Kier molecular flexibility index (Phi) is 3.15. The van der Waals surface area contributed by atoms with Gasteiger partial charge in [0.1, 0.15) is 5.82 Å². The Morgan fingerprint density at radius 1 is 1.04 bits per heavy atom. The van der Waals surface area contributed by atoms with Crippen LogP contribution >= 0.6 is 11.3 Å². The van der Waals surface area contributed by atoms with E-state index < -0.39 is 0 Å². The van der Waals surface area contributed by atoms with Gasteiger partial charge in [0, 0.05) is 13.1 Å². The number of likely N-dealkylation sites (tertiary alicyclic amines) is 1. The van der Waals surface area contributed by atoms with Crippen molar-refractivity contribution in [3.63, 3.8) is 0 Å². The van der Waals surface area contributed by atoms with Crippen LogP contribution in [0.2, 0.25) is 0 Å². The van der Waals surface area contributed by atoms with Crippen molar-refractivity contribution in [3.8, 4) is 0 Å². The summed E-state index contributed by atoms with van der Waals surface area (Å²) in [6.45, 7) is 3.43. The first-order chi connectivity index (χ1) is 12.2. The Hall–Kier alpha value is -2.73. The van der Waals surface area contributed by atoms with Gasteiger partial charge in [0.25, 0.3) is 5.91 Å². The Morgan fingerprint density at radius 3 is 2.56 bits per heavy atom. The first-order valence-electron chi connectivity index (χ1n) is 8.29. The molecule has 1 aliphatic heterocycles. The van der Waals surface area contributed by atoms with E-state index in [9.17, 15) is 4.79 Å². The highest BCUT2D eigenvalue weighted by Crippen LogP contribution is 2.30. The maximum absolute atomic E-state index is 12.7. The van der Waals surface area contributed by atoms with E-state index in [4.69, 9.17) is 0 Å². The predicted molar refractivity (Wildman–Crippen MR) is 99.0 cm³/mol. The Morgan fingerprint density at radius 2 is 1.76 bits per heavy atom. The zero-order valence-corrected chi connectivity index (χ0v) is 14.5. The molecule has 0 radical (unpaired) electrons. The highest BCUT2D eigenvalue weighted by Gasteiger charge is 2.35. The number of aryl methyl sites for hydroxylation is 1. The normalized spacial score (nSPS) is 15.0. The molecule has 6 heteroatoms. The molecule has 0 unspecified atom stereocenters. The molecular formula is C19H16N4OS. The Labute approximate surface area is 148 Å². The molecule has 124 valence electrons. The lowest BCUT2D eigenvalue weighted by Gasteiger charge is -2.40. The number of aromatic nitrogens is 3. The van der Waals surface area contributed by atoms with Crippen LogP contribution in [0.25, 0.3) is 21.3 Å². The molecule has 2 aromatic heterocycles. The van der Waals surface area contributed by atoms with E-state index in [1.54, 1.807) is 0 Å². The number of carbonyl (C=O) groups is 1. The zero-order valence-electron chi connectivity index (χ0n) is 13.7. The second-order valence-corrected chi connectivity index (χ2v) is 7.40. The molecule has 0 bridgehead atoms. The van der Waals surface area contributed by atoms with Crippen LogP contribution in [-0.2, 0) is 0 Å². The number of para-hydroxylation sites is 3. The molecule has 1 fully saturated rings. The van der Waals surface area contributed by atoms with Crippen LogP contribution < -0.4 is 0 Å². The quantitative estimate of drug-likeness (QED) is 0.556. The molecule has 25 heavy (non-hydrogen) atoms. The fourth-order valence-electron chi connectivity index (χ4n) is 3.51. The van der Waals surface area contributed by atoms with Crippen LogP contribution in [0.4, 0.5) is 0 Å². The molecule has 1 aliphatic rings. The smallest absolute Gasteiger partial charge is 0.283 e. The summed E-state index contributed by atoms with van der Waals surface area (Å²) in [5.41, 5.74) is 3.04. The molecule has 5 nitrogen and oxygen atoms in total. The van der Waals surface area contributed by atoms with Crippen molar-refractivity contribution in [2.24, 2.45) is 0 Å². The van der Waals surface area contributed by atoms with Crippen molar-refractivity contribution in [2.45, 2.75) is 13.0 Å². The standard InChI is InChI=1S/C19H16N4OS/c1-12-20-14-6-2-4-8-16(14)23(12)13-10-22(11-13)19(24)18-21-15-7-3-5-9-17(15)25-18/h2-9,13H,10-11H2,1H3. The number of rotatable bonds is 2. The molecule has 1 amide bonds. The molecule has 0 atom stereocenters. The lowest BCUT2D eigenvalue weighted by Crippen LogP contribution is -2.50. The monoisotopic (exact) mass is 348 g/mol. The molecule has 5 rings (SSSR count). The lowest BCUT2D eigenvalue weighted by molar-refractivity contribution is 0.0523. The van der Waals surface area contributed by atoms with Crippen LogP contribution in [0, 0.1) is 6.92 Å². The molecule has 2 aromatic carbocycles. The first-order valence-corrected chi connectivity index (χ1v) is 9.11. The van der Waals surface area contributed by atoms with Crippen molar-refractivity contribution < 1.29 is 4.79 Å². The summed E-state index contributed by atoms with van der Waals surface area (Å²) < 4.78 is 3.30. The van der Waals surface area contributed by atoms with Gasteiger partial charge in [-0.25, -0.2) is 9.97 Å². The average Bonchev–Trinajstić information content (AvgIpc) is 3.15. The van der Waals surface area contributed by atoms with E-state index in [2.05, 4.69) is 20.6 Å². The zero-order chi connectivity index (χ0) is 17.0. The van der Waals surface area contributed by atoms with Gasteiger partial charge in [-0.15, -0.1) is 11.3 Å². The number of carbonyl (C=O) groups excluding carboxylic acids is 1. The van der Waals surface area contributed by atoms with Crippen LogP contribution in [0.5, 0.6) is 0 Å². The van der Waals surface area contributed by atoms with Gasteiger partial charge in [-0.1, -0.05) is 24.3 Å². The second kappa shape index (κ2) is 5.39. The second-order valence-electron chi connectivity index (χ2n) is 6.37. The van der Waals surface area contributed by atoms with E-state index in [1.165, 1.54) is 11.3 Å². The van der Waals surface area contributed by atoms with Crippen LogP contribution in [0.15, 0.2) is 48.5 Å². The van der Waals surface area contributed by atoms with Gasteiger partial charge >= 0.3 is 0 Å². The summed E-state index contributed by atoms with van der Waals surface area (Å²) in [7, 11) is 0. The molecule has 0 saturated carbocycles. The van der Waals surface area contributed by atoms with Gasteiger partial charge in [-0.2, -0.15) is 0 Å². The lowest BCUT2D eigenvalue weighted by atomic mass is 10.1. The minimum Gasteiger partial charge on any atom is -0.332 e. The van der Waals surface area contributed by atoms with Crippen LogP contribution in [-0.4, -0.2) is 38.4 Å². The first kappa shape index (κ1) is 14.6. The Bertz CT molecular complexity index is 1070. The number of fused-ring (bicyclic) bond motifs is 2. The van der Waals surface area contributed by atoms with Gasteiger partial charge < -0.3 is 9.47 Å². The summed E-state index contributed by atoms with van der Waals surface area (Å²) in [6, 6.07) is 16.3. The van der Waals surface area contributed by atoms with Crippen molar-refractivity contribution >= 4 is 38.5 Å². The third-order valence-electron chi connectivity index (χ3n) is 4.76. The van der Waals surface area contributed by atoms with E-state index in [-0.39, 0.29) is 11.9 Å². The molecular weight excluding hydrogens is 332 g/mol. The van der Waals surface area contributed by atoms with Gasteiger partial charge in [0.05, 0.1) is 27.3 Å². The molecule has 3 heterocycles. The highest BCUT2D eigenvalue weighted by molar-refractivity contribution is 7.20. The van der Waals surface area contributed by atoms with E-state index in [1.807, 2.05) is 54.3 Å². The van der Waals surface area contributed by atoms with Crippen molar-refractivity contribution in [1.29, 1.82) is 0 Å². The predicted octanol–water partition coefficient (Wildman–Crippen LogP) is 3.65. The number of amides is 1. The summed E-state index contributed by atoms with van der Waals surface area (Å²) in [5.74, 6) is 1.03. The SMILES string of the molecule is Cc1nc2ccccc2n1C1CN(C(=O)c2nc3ccccc3s2)C1. The fraction of sp³-hybridized carbons (Fsp3) is 0.211. The summed E-state index contributed by atoms with van der Waals surface area (Å²) >= 11 is 1.47. The molecule has 0 aliphatic carbocycles. The third kappa shape index (κ3) is 2.25. The van der Waals surface area contributed by atoms with Gasteiger partial charge in [-0.3, -0.25) is 4.79 Å². The minimum atomic E-state index is 0.0273. The number of hydrogen-bond donors (Lipinski definition) is 0. The Balaban J connectivity index is 1.39. The largest absolute Gasteiger partial charge is 0.332 e. The van der Waals surface area contributed by atoms with E-state index in [0.29, 0.717) is 18.1 Å². The van der Waals surface area contributed by atoms with E-state index >= 15 is 0 Å². The number of thiazole rings is 1. The number of nitrogens with zero attached hydrogens (tertiary/aromatic N) is 4. The maximum atomic E-state index is 12.7. The van der Waals surface area contributed by atoms with Crippen LogP contribution in [0.3, 0.4) is 0 Å². The fourth-order valence-corrected chi connectivity index (χ4v) is 4.44. The maximum Gasteiger partial charge on any atom is 0.283 e. The summed E-state index contributed by atoms with van der Waals surface area (Å²) in [4.78, 5) is 23.7. The third-order valence-corrected chi connectivity index (χ3v) is 5.79. The van der Waals surface area contributed by atoms with Gasteiger partial charge in [0.2, 0.25) is 0 Å². The molecule has 0 N–H and O–H groups in total. The average molecular weight is 348 g/mol.